The molecule has 34 heavy (non-hydrogen) atoms. The van der Waals surface area contributed by atoms with Crippen LogP contribution in [0.4, 0.5) is 22.0 Å². The van der Waals surface area contributed by atoms with Crippen LogP contribution in [-0.2, 0) is 18.8 Å². The number of rotatable bonds is 11. The van der Waals surface area contributed by atoms with Gasteiger partial charge in [0.2, 0.25) is 34.8 Å². The molecule has 0 spiro atoms. The molecule has 0 fully saturated rings. The molecule has 0 saturated carbocycles. The van der Waals surface area contributed by atoms with Crippen molar-refractivity contribution < 1.29 is 49.8 Å². The second-order valence-corrected chi connectivity index (χ2v) is 9.24. The highest BCUT2D eigenvalue weighted by Gasteiger charge is 2.38. The van der Waals surface area contributed by atoms with E-state index in [1.807, 2.05) is 0 Å². The van der Waals surface area contributed by atoms with E-state index in [-0.39, 0.29) is 12.4 Å². The van der Waals surface area contributed by atoms with Gasteiger partial charge in [-0.1, -0.05) is 18.2 Å². The van der Waals surface area contributed by atoms with Crippen LogP contribution in [0.5, 0.6) is 11.5 Å². The van der Waals surface area contributed by atoms with Gasteiger partial charge in [-0.2, -0.15) is 13.9 Å². The van der Waals surface area contributed by atoms with Gasteiger partial charge < -0.3 is 18.5 Å². The molecule has 0 saturated heterocycles. The summed E-state index contributed by atoms with van der Waals surface area (Å²) in [7, 11) is -3.49. The van der Waals surface area contributed by atoms with E-state index < -0.39 is 60.2 Å². The number of benzene rings is 2. The minimum Gasteiger partial charge on any atom is -0.464 e. The van der Waals surface area contributed by atoms with E-state index >= 15 is 0 Å². The third kappa shape index (κ3) is 6.91. The van der Waals surface area contributed by atoms with Crippen molar-refractivity contribution in [2.24, 2.45) is 0 Å². The van der Waals surface area contributed by atoms with Gasteiger partial charge >= 0.3 is 13.7 Å². The summed E-state index contributed by atoms with van der Waals surface area (Å²) in [5, 5.41) is 2.09. The summed E-state index contributed by atoms with van der Waals surface area (Å²) in [6.07, 6.45) is 0.307. The summed E-state index contributed by atoms with van der Waals surface area (Å²) in [6.45, 7) is 4.59. The molecule has 0 aromatic heterocycles. The van der Waals surface area contributed by atoms with Crippen LogP contribution in [-0.4, -0.2) is 31.3 Å². The van der Waals surface area contributed by atoms with Gasteiger partial charge in [-0.05, 0) is 32.9 Å². The van der Waals surface area contributed by atoms with E-state index in [4.69, 9.17) is 14.0 Å². The first kappa shape index (κ1) is 27.6. The van der Waals surface area contributed by atoms with Crippen molar-refractivity contribution in [2.45, 2.75) is 38.8 Å². The molecule has 0 aliphatic rings. The van der Waals surface area contributed by atoms with Crippen molar-refractivity contribution in [3.05, 3.63) is 59.4 Å². The topological polar surface area (TPSA) is 83.1 Å². The zero-order valence-corrected chi connectivity index (χ0v) is 19.6. The molecule has 0 radical (unpaired) electrons. The molecule has 2 atom stereocenters. The predicted octanol–water partition coefficient (Wildman–Crippen LogP) is 5.28. The van der Waals surface area contributed by atoms with Gasteiger partial charge in [0.05, 0.1) is 12.2 Å². The summed E-state index contributed by atoms with van der Waals surface area (Å²) in [5.74, 6) is -14.7. The Morgan fingerprint density at radius 2 is 1.50 bits per heavy atom. The third-order valence-electron chi connectivity index (χ3n) is 4.56. The second-order valence-electron chi connectivity index (χ2n) is 7.62. The molecule has 0 aliphatic heterocycles. The van der Waals surface area contributed by atoms with Crippen molar-refractivity contribution >= 4 is 13.7 Å². The molecule has 188 valence electrons. The number of ether oxygens (including phenoxy) is 2. The Morgan fingerprint density at radius 3 is 2.03 bits per heavy atom. The number of hydrogen-bond acceptors (Lipinski definition) is 6. The molecular weight excluding hydrogens is 488 g/mol. The van der Waals surface area contributed by atoms with Crippen molar-refractivity contribution in [1.29, 1.82) is 0 Å². The summed E-state index contributed by atoms with van der Waals surface area (Å²) in [5.41, 5.74) is -0.600. The first-order valence-corrected chi connectivity index (χ1v) is 11.4. The first-order chi connectivity index (χ1) is 15.8. The highest BCUT2D eigenvalue weighted by Crippen LogP contribution is 2.47. The first-order valence-electron chi connectivity index (χ1n) is 9.85. The number of carbonyl (C=O) groups excluding carboxylic acids is 1. The fourth-order valence-corrected chi connectivity index (χ4v) is 3.91. The largest absolute Gasteiger partial charge is 0.513 e. The molecule has 2 rings (SSSR count). The molecule has 1 unspecified atom stereocenters. The molecule has 1 N–H and O–H groups in total. The average molecular weight is 511 g/mol. The standard InChI is InChI=1S/C21H23F5NO6P/c1-12(20(28)31-11-10-21(2,3)30-4)27-34(29,32-13-8-6-5-7-9-13)33-19-17(25)15(23)14(22)16(24)18(19)26/h5-9,12H,10-11H2,1-4H3,(H,27,29)/t12-,34?/m0/s1. The smallest absolute Gasteiger partial charge is 0.464 e. The average Bonchev–Trinajstić information content (AvgIpc) is 2.79. The van der Waals surface area contributed by atoms with Crippen LogP contribution in [0.1, 0.15) is 27.2 Å². The predicted molar refractivity (Wildman–Crippen MR) is 111 cm³/mol. The van der Waals surface area contributed by atoms with Crippen molar-refractivity contribution in [3.63, 3.8) is 0 Å². The van der Waals surface area contributed by atoms with Gasteiger partial charge in [0.15, 0.2) is 0 Å². The monoisotopic (exact) mass is 511 g/mol. The zero-order chi connectivity index (χ0) is 25.7. The maximum atomic E-state index is 14.1. The van der Waals surface area contributed by atoms with Gasteiger partial charge in [0.1, 0.15) is 11.8 Å². The molecule has 0 heterocycles. The highest BCUT2D eigenvalue weighted by atomic mass is 31.2. The van der Waals surface area contributed by atoms with E-state index in [9.17, 15) is 31.3 Å². The number of halogens is 5. The van der Waals surface area contributed by atoms with Crippen LogP contribution in [0.25, 0.3) is 0 Å². The Kier molecular flexibility index (Phi) is 9.04. The summed E-state index contributed by atoms with van der Waals surface area (Å²) >= 11 is 0. The van der Waals surface area contributed by atoms with Gasteiger partial charge in [-0.15, -0.1) is 0 Å². The Balaban J connectivity index is 2.30. The lowest BCUT2D eigenvalue weighted by molar-refractivity contribution is -0.146. The fraction of sp³-hybridized carbons (Fsp3) is 0.381. The number of para-hydroxylation sites is 1. The van der Waals surface area contributed by atoms with Gasteiger partial charge in [-0.25, -0.2) is 17.7 Å². The highest BCUT2D eigenvalue weighted by molar-refractivity contribution is 7.52. The lowest BCUT2D eigenvalue weighted by atomic mass is 10.1. The van der Waals surface area contributed by atoms with E-state index in [0.29, 0.717) is 6.42 Å². The van der Waals surface area contributed by atoms with Gasteiger partial charge in [0, 0.05) is 13.5 Å². The van der Waals surface area contributed by atoms with E-state index in [2.05, 4.69) is 9.61 Å². The second kappa shape index (κ2) is 11.2. The lowest BCUT2D eigenvalue weighted by Crippen LogP contribution is -2.37. The van der Waals surface area contributed by atoms with Crippen LogP contribution in [0, 0.1) is 29.1 Å². The molecule has 0 aliphatic carbocycles. The maximum Gasteiger partial charge on any atom is 0.513 e. The van der Waals surface area contributed by atoms with Crippen LogP contribution in [0.15, 0.2) is 30.3 Å². The van der Waals surface area contributed by atoms with Crippen LogP contribution in [0.2, 0.25) is 0 Å². The quantitative estimate of drug-likeness (QED) is 0.144. The Labute approximate surface area is 192 Å². The zero-order valence-electron chi connectivity index (χ0n) is 18.7. The molecule has 2 aromatic carbocycles. The van der Waals surface area contributed by atoms with Crippen LogP contribution in [0.3, 0.4) is 0 Å². The molecule has 2 aromatic rings. The van der Waals surface area contributed by atoms with Crippen molar-refractivity contribution in [3.8, 4) is 11.5 Å². The SMILES string of the molecule is COC(C)(C)CCOC(=O)[C@H](C)NP(=O)(Oc1ccccc1)Oc1c(F)c(F)c(F)c(F)c1F. The maximum absolute atomic E-state index is 14.1. The van der Waals surface area contributed by atoms with Crippen LogP contribution < -0.4 is 14.1 Å². The van der Waals surface area contributed by atoms with E-state index in [1.54, 1.807) is 19.9 Å². The number of nitrogens with one attached hydrogen (secondary N) is 1. The van der Waals surface area contributed by atoms with Crippen molar-refractivity contribution in [1.82, 2.24) is 5.09 Å². The van der Waals surface area contributed by atoms with Crippen molar-refractivity contribution in [2.75, 3.05) is 13.7 Å². The summed E-state index contributed by atoms with van der Waals surface area (Å²) < 4.78 is 102. The lowest BCUT2D eigenvalue weighted by Gasteiger charge is -2.25. The van der Waals surface area contributed by atoms with Crippen LogP contribution >= 0.6 is 7.75 Å². The minimum atomic E-state index is -4.96. The van der Waals surface area contributed by atoms with Gasteiger partial charge in [-0.3, -0.25) is 4.79 Å². The molecular formula is C21H23F5NO6P. The fourth-order valence-electron chi connectivity index (χ4n) is 2.39. The van der Waals surface area contributed by atoms with Gasteiger partial charge in [0.25, 0.3) is 0 Å². The molecule has 0 amide bonds. The van der Waals surface area contributed by atoms with E-state index in [1.165, 1.54) is 38.3 Å². The molecule has 13 heteroatoms. The normalized spacial score (nSPS) is 14.3. The number of methoxy groups -OCH3 is 1. The Bertz CT molecular complexity index is 1040. The Hall–Kier alpha value is -2.69. The third-order valence-corrected chi connectivity index (χ3v) is 6.13. The molecule has 0 bridgehead atoms. The van der Waals surface area contributed by atoms with E-state index in [0.717, 1.165) is 0 Å². The number of carbonyl (C=O) groups is 1. The Morgan fingerprint density at radius 1 is 0.971 bits per heavy atom. The number of esters is 1. The summed E-state index contributed by atoms with van der Waals surface area (Å²) in [4.78, 5) is 12.3. The summed E-state index contributed by atoms with van der Waals surface area (Å²) in [6, 6.07) is 5.59. The number of hydrogen-bond donors (Lipinski definition) is 1. The minimum absolute atomic E-state index is 0.0893. The molecule has 7 nitrogen and oxygen atoms in total.